The van der Waals surface area contributed by atoms with Crippen LogP contribution in [-0.4, -0.2) is 28.7 Å². The fraction of sp³-hybridized carbons (Fsp3) is 0.0476. The van der Waals surface area contributed by atoms with Gasteiger partial charge in [0.1, 0.15) is 0 Å². The van der Waals surface area contributed by atoms with E-state index in [1.54, 1.807) is 42.5 Å². The first-order valence-corrected chi connectivity index (χ1v) is 10.5. The number of aromatic nitrogens is 1. The summed E-state index contributed by atoms with van der Waals surface area (Å²) in [5, 5.41) is 8.91. The molecule has 4 aromatic rings. The van der Waals surface area contributed by atoms with Gasteiger partial charge >= 0.3 is 0 Å². The maximum absolute atomic E-state index is 12.5. The van der Waals surface area contributed by atoms with Gasteiger partial charge in [-0.1, -0.05) is 11.3 Å². The number of amides is 2. The fourth-order valence-electron chi connectivity index (χ4n) is 3.00. The molecule has 0 bridgehead atoms. The lowest BCUT2D eigenvalue weighted by molar-refractivity contribution is 0.0974. The minimum atomic E-state index is -0.375. The van der Waals surface area contributed by atoms with Gasteiger partial charge in [-0.3, -0.25) is 20.2 Å². The quantitative estimate of drug-likeness (QED) is 0.387. The lowest BCUT2D eigenvalue weighted by Gasteiger charge is -2.10. The fourth-order valence-corrected chi connectivity index (χ4v) is 4.11. The minimum absolute atomic E-state index is 0.134. The van der Waals surface area contributed by atoms with Crippen molar-refractivity contribution < 1.29 is 23.5 Å². The molecule has 0 saturated carbocycles. The van der Waals surface area contributed by atoms with E-state index in [0.717, 1.165) is 4.70 Å². The molecule has 1 aliphatic heterocycles. The van der Waals surface area contributed by atoms with Gasteiger partial charge in [-0.2, -0.15) is 0 Å². The zero-order valence-corrected chi connectivity index (χ0v) is 17.8. The average Bonchev–Trinajstić information content (AvgIpc) is 3.52. The van der Waals surface area contributed by atoms with Gasteiger partial charge in [0, 0.05) is 11.3 Å². The van der Waals surface area contributed by atoms with Gasteiger partial charge in [0.15, 0.2) is 27.5 Å². The largest absolute Gasteiger partial charge is 0.459 e. The number of rotatable bonds is 4. The van der Waals surface area contributed by atoms with Crippen molar-refractivity contribution in [3.05, 3.63) is 66.1 Å². The molecule has 3 heterocycles. The molecule has 2 aromatic carbocycles. The standard InChI is InChI=1S/C21H14N4O5S2/c26-18(11-3-6-14-16(8-11)30-10-29-14)24-20(31)22-12-4-5-13-17(9-12)32-21(23-13)25-19(27)15-2-1-7-28-15/h1-9H,10H2,(H,23,25,27)(H2,22,24,26,31). The molecule has 0 fully saturated rings. The Hall–Kier alpha value is -3.96. The van der Waals surface area contributed by atoms with E-state index in [4.69, 9.17) is 26.1 Å². The Kier molecular flexibility index (Phi) is 5.17. The minimum Gasteiger partial charge on any atom is -0.459 e. The number of hydrogen-bond donors (Lipinski definition) is 3. The summed E-state index contributed by atoms with van der Waals surface area (Å²) in [6, 6.07) is 13.5. The molecule has 1 aliphatic rings. The molecule has 0 atom stereocenters. The lowest BCUT2D eigenvalue weighted by Crippen LogP contribution is -2.34. The Morgan fingerprint density at radius 3 is 2.72 bits per heavy atom. The summed E-state index contributed by atoms with van der Waals surface area (Å²) in [4.78, 5) is 29.0. The number of furan rings is 1. The smallest absolute Gasteiger partial charge is 0.293 e. The molecule has 160 valence electrons. The van der Waals surface area contributed by atoms with Crippen LogP contribution in [0, 0.1) is 0 Å². The number of carbonyl (C=O) groups is 2. The molecule has 32 heavy (non-hydrogen) atoms. The van der Waals surface area contributed by atoms with E-state index in [-0.39, 0.29) is 29.5 Å². The van der Waals surface area contributed by atoms with Gasteiger partial charge in [-0.25, -0.2) is 4.98 Å². The van der Waals surface area contributed by atoms with Crippen molar-refractivity contribution >= 4 is 61.5 Å². The summed E-state index contributed by atoms with van der Waals surface area (Å²) in [6.45, 7) is 0.134. The van der Waals surface area contributed by atoms with Crippen molar-refractivity contribution in [2.75, 3.05) is 17.4 Å². The Labute approximate surface area is 190 Å². The predicted molar refractivity (Wildman–Crippen MR) is 123 cm³/mol. The molecule has 2 aromatic heterocycles. The molecule has 11 heteroatoms. The number of anilines is 2. The third-order valence-electron chi connectivity index (χ3n) is 4.47. The molecule has 5 rings (SSSR count). The number of nitrogens with one attached hydrogen (secondary N) is 3. The summed E-state index contributed by atoms with van der Waals surface area (Å²) in [6.07, 6.45) is 1.43. The normalized spacial score (nSPS) is 11.9. The third-order valence-corrected chi connectivity index (χ3v) is 5.61. The highest BCUT2D eigenvalue weighted by atomic mass is 32.1. The molecule has 0 aliphatic carbocycles. The van der Waals surface area contributed by atoms with E-state index in [2.05, 4.69) is 20.9 Å². The Morgan fingerprint density at radius 1 is 1.00 bits per heavy atom. The Morgan fingerprint density at radius 2 is 1.88 bits per heavy atom. The topological polar surface area (TPSA) is 115 Å². The van der Waals surface area contributed by atoms with Crippen molar-refractivity contribution in [3.63, 3.8) is 0 Å². The number of ether oxygens (including phenoxy) is 2. The first-order valence-electron chi connectivity index (χ1n) is 9.32. The number of thiocarbonyl (C=S) groups is 1. The first-order chi connectivity index (χ1) is 15.5. The molecule has 3 N–H and O–H groups in total. The van der Waals surface area contributed by atoms with Gasteiger partial charge in [-0.15, -0.1) is 0 Å². The van der Waals surface area contributed by atoms with Gasteiger partial charge in [0.2, 0.25) is 6.79 Å². The Balaban J connectivity index is 1.24. The molecule has 2 amide bonds. The highest BCUT2D eigenvalue weighted by Crippen LogP contribution is 2.32. The van der Waals surface area contributed by atoms with E-state index < -0.39 is 0 Å². The molecule has 0 spiro atoms. The van der Waals surface area contributed by atoms with Crippen LogP contribution in [-0.2, 0) is 0 Å². The van der Waals surface area contributed by atoms with E-state index in [0.29, 0.717) is 33.4 Å². The van der Waals surface area contributed by atoms with Crippen LogP contribution in [0.3, 0.4) is 0 Å². The van der Waals surface area contributed by atoms with Crippen molar-refractivity contribution in [1.29, 1.82) is 0 Å². The van der Waals surface area contributed by atoms with E-state index >= 15 is 0 Å². The molecular weight excluding hydrogens is 452 g/mol. The molecule has 0 unspecified atom stereocenters. The average molecular weight is 467 g/mol. The number of benzene rings is 2. The first kappa shape index (κ1) is 20.0. The van der Waals surface area contributed by atoms with E-state index in [1.807, 2.05) is 6.07 Å². The summed E-state index contributed by atoms with van der Waals surface area (Å²) < 4.78 is 16.4. The molecule has 0 saturated heterocycles. The van der Waals surface area contributed by atoms with Gasteiger partial charge in [0.25, 0.3) is 11.8 Å². The maximum Gasteiger partial charge on any atom is 0.293 e. The molecule has 0 radical (unpaired) electrons. The van der Waals surface area contributed by atoms with Crippen LogP contribution >= 0.6 is 23.6 Å². The zero-order chi connectivity index (χ0) is 22.1. The van der Waals surface area contributed by atoms with Crippen LogP contribution < -0.4 is 25.4 Å². The highest BCUT2D eigenvalue weighted by Gasteiger charge is 2.17. The second-order valence-corrected chi connectivity index (χ2v) is 8.05. The van der Waals surface area contributed by atoms with Crippen LogP contribution in [0.15, 0.2) is 59.2 Å². The number of hydrogen-bond acceptors (Lipinski definition) is 8. The van der Waals surface area contributed by atoms with Gasteiger partial charge in [-0.05, 0) is 60.7 Å². The van der Waals surface area contributed by atoms with Crippen LogP contribution in [0.25, 0.3) is 10.2 Å². The highest BCUT2D eigenvalue weighted by molar-refractivity contribution is 7.80. The lowest BCUT2D eigenvalue weighted by atomic mass is 10.2. The summed E-state index contributed by atoms with van der Waals surface area (Å²) >= 11 is 6.57. The van der Waals surface area contributed by atoms with Crippen molar-refractivity contribution in [2.45, 2.75) is 0 Å². The van der Waals surface area contributed by atoms with Crippen LogP contribution in [0.5, 0.6) is 11.5 Å². The number of fused-ring (bicyclic) bond motifs is 2. The second kappa shape index (κ2) is 8.29. The summed E-state index contributed by atoms with van der Waals surface area (Å²) in [5.41, 5.74) is 1.78. The Bertz CT molecular complexity index is 1350. The molecule has 9 nitrogen and oxygen atoms in total. The van der Waals surface area contributed by atoms with Gasteiger partial charge in [0.05, 0.1) is 16.5 Å². The number of nitrogens with zero attached hydrogens (tertiary/aromatic N) is 1. The summed E-state index contributed by atoms with van der Waals surface area (Å²) in [5.74, 6) is 0.569. The van der Waals surface area contributed by atoms with Gasteiger partial charge < -0.3 is 19.2 Å². The van der Waals surface area contributed by atoms with Crippen LogP contribution in [0.4, 0.5) is 10.8 Å². The van der Waals surface area contributed by atoms with Crippen molar-refractivity contribution in [1.82, 2.24) is 10.3 Å². The zero-order valence-electron chi connectivity index (χ0n) is 16.2. The van der Waals surface area contributed by atoms with Crippen molar-refractivity contribution in [2.24, 2.45) is 0 Å². The van der Waals surface area contributed by atoms with Crippen LogP contribution in [0.2, 0.25) is 0 Å². The maximum atomic E-state index is 12.5. The summed E-state index contributed by atoms with van der Waals surface area (Å²) in [7, 11) is 0. The number of carbonyl (C=O) groups excluding carboxylic acids is 2. The van der Waals surface area contributed by atoms with E-state index in [1.165, 1.54) is 17.6 Å². The second-order valence-electron chi connectivity index (χ2n) is 6.61. The third kappa shape index (κ3) is 4.11. The predicted octanol–water partition coefficient (Wildman–Crippen LogP) is 4.00. The SMILES string of the molecule is O=C(NC(=S)Nc1ccc2nc(NC(=O)c3ccco3)sc2c1)c1ccc2c(c1)OCO2. The molecular formula is C21H14N4O5S2. The van der Waals surface area contributed by atoms with E-state index in [9.17, 15) is 9.59 Å². The number of thiazole rings is 1. The van der Waals surface area contributed by atoms with Crippen molar-refractivity contribution in [3.8, 4) is 11.5 Å². The van der Waals surface area contributed by atoms with Crippen LogP contribution in [0.1, 0.15) is 20.9 Å². The monoisotopic (exact) mass is 466 g/mol.